The fourth-order valence-electron chi connectivity index (χ4n) is 0.542. The van der Waals surface area contributed by atoms with Gasteiger partial charge in [0.15, 0.2) is 0 Å². The molecule has 0 aliphatic rings. The maximum Gasteiger partial charge on any atom is 0.317 e. The van der Waals surface area contributed by atoms with Crippen molar-refractivity contribution in [1.82, 2.24) is 5.23 Å². The second-order valence-corrected chi connectivity index (χ2v) is 2.98. The topological polar surface area (TPSA) is 66.4 Å². The molecule has 0 spiro atoms. The van der Waals surface area contributed by atoms with Gasteiger partial charge in [-0.25, -0.2) is 0 Å². The van der Waals surface area contributed by atoms with Crippen LogP contribution >= 0.6 is 11.8 Å². The predicted molar refractivity (Wildman–Crippen MR) is 46.2 cm³/mol. The zero-order valence-corrected chi connectivity index (χ0v) is 7.27. The normalized spacial score (nSPS) is 12.1. The molecule has 0 fully saturated rings. The van der Waals surface area contributed by atoms with E-state index in [1.807, 2.05) is 0 Å². The third kappa shape index (κ3) is 3.92. The molecule has 0 aromatic rings. The molecule has 0 aliphatic heterocycles. The molecule has 0 saturated heterocycles. The highest BCUT2D eigenvalue weighted by molar-refractivity contribution is 7.99. The first-order valence-electron chi connectivity index (χ1n) is 3.08. The van der Waals surface area contributed by atoms with Gasteiger partial charge in [-0.05, 0) is 6.26 Å². The van der Waals surface area contributed by atoms with Crippen LogP contribution in [0.2, 0.25) is 0 Å². The van der Waals surface area contributed by atoms with Gasteiger partial charge in [-0.2, -0.15) is 0 Å². The van der Waals surface area contributed by atoms with Gasteiger partial charge in [0, 0.05) is 6.42 Å². The van der Waals surface area contributed by atoms with Crippen LogP contribution in [-0.4, -0.2) is 36.5 Å². The van der Waals surface area contributed by atoms with Crippen molar-refractivity contribution in [2.24, 2.45) is 0 Å². The molecule has 62 valence electrons. The van der Waals surface area contributed by atoms with Crippen molar-refractivity contribution in [3.63, 3.8) is 0 Å². The van der Waals surface area contributed by atoms with Gasteiger partial charge in [-0.15, -0.1) is 11.8 Å². The first kappa shape index (κ1) is 10.4. The SMILES string of the molecule is BNC(=O)C[C@@H](SC)C(=O)O. The predicted octanol–water partition coefficient (Wildman–Crippen LogP) is -1.14. The Morgan fingerprint density at radius 2 is 2.27 bits per heavy atom. The number of thioether (sulfide) groups is 1. The van der Waals surface area contributed by atoms with E-state index >= 15 is 0 Å². The van der Waals surface area contributed by atoms with Crippen molar-refractivity contribution in [2.75, 3.05) is 6.26 Å². The molecule has 0 radical (unpaired) electrons. The van der Waals surface area contributed by atoms with Gasteiger partial charge in [0.2, 0.25) is 13.9 Å². The smallest absolute Gasteiger partial charge is 0.317 e. The second kappa shape index (κ2) is 5.06. The lowest BCUT2D eigenvalue weighted by molar-refractivity contribution is -0.138. The fourth-order valence-corrected chi connectivity index (χ4v) is 1.06. The number of aliphatic carboxylic acids is 1. The molecule has 0 heterocycles. The summed E-state index contributed by atoms with van der Waals surface area (Å²) in [4.78, 5) is 21.1. The number of carbonyl (C=O) groups excluding carboxylic acids is 1. The van der Waals surface area contributed by atoms with Crippen LogP contribution in [0.25, 0.3) is 0 Å². The Bertz CT molecular complexity index is 164. The van der Waals surface area contributed by atoms with Crippen molar-refractivity contribution < 1.29 is 14.7 Å². The van der Waals surface area contributed by atoms with Crippen molar-refractivity contribution in [1.29, 1.82) is 0 Å². The standard InChI is InChI=1S/C5H10BNO3S/c1-11-3(5(9)10)2-4(8)7-6/h3H,2,6H2,1H3,(H,7,8)(H,9,10)/t3-/m1/s1. The van der Waals surface area contributed by atoms with Gasteiger partial charge in [-0.3, -0.25) is 9.59 Å². The lowest BCUT2D eigenvalue weighted by Gasteiger charge is -2.06. The summed E-state index contributed by atoms with van der Waals surface area (Å²) < 4.78 is 0. The molecule has 0 bridgehead atoms. The molecule has 6 heteroatoms. The summed E-state index contributed by atoms with van der Waals surface area (Å²) in [6.07, 6.45) is 1.70. The van der Waals surface area contributed by atoms with E-state index in [4.69, 9.17) is 5.11 Å². The molecule has 0 saturated carbocycles. The van der Waals surface area contributed by atoms with Crippen LogP contribution in [0.5, 0.6) is 0 Å². The van der Waals surface area contributed by atoms with Crippen LogP contribution in [0.1, 0.15) is 6.42 Å². The number of amides is 1. The van der Waals surface area contributed by atoms with Crippen LogP contribution in [0.3, 0.4) is 0 Å². The monoisotopic (exact) mass is 175 g/mol. The van der Waals surface area contributed by atoms with Crippen molar-refractivity contribution in [3.05, 3.63) is 0 Å². The van der Waals surface area contributed by atoms with Gasteiger partial charge in [0.25, 0.3) is 0 Å². The van der Waals surface area contributed by atoms with E-state index in [1.54, 1.807) is 6.26 Å². The van der Waals surface area contributed by atoms with Crippen molar-refractivity contribution in [2.45, 2.75) is 11.7 Å². The molecule has 0 aliphatic carbocycles. The van der Waals surface area contributed by atoms with E-state index in [0.717, 1.165) is 11.8 Å². The number of rotatable bonds is 4. The molecule has 0 aromatic carbocycles. The largest absolute Gasteiger partial charge is 0.480 e. The third-order valence-electron chi connectivity index (χ3n) is 1.21. The number of carboxylic acid groups (broad SMARTS) is 1. The van der Waals surface area contributed by atoms with Gasteiger partial charge < -0.3 is 10.3 Å². The Labute approximate surface area is 70.2 Å². The Hall–Kier alpha value is -0.645. The highest BCUT2D eigenvalue weighted by Gasteiger charge is 2.18. The third-order valence-corrected chi connectivity index (χ3v) is 2.15. The molecular formula is C5H10BNO3S. The van der Waals surface area contributed by atoms with E-state index in [0.29, 0.717) is 0 Å². The first-order chi connectivity index (χ1) is 5.11. The number of carboxylic acids is 1. The van der Waals surface area contributed by atoms with Gasteiger partial charge in [0.1, 0.15) is 5.25 Å². The molecule has 11 heavy (non-hydrogen) atoms. The maximum absolute atomic E-state index is 10.7. The van der Waals surface area contributed by atoms with Gasteiger partial charge in [0.05, 0.1) is 0 Å². The minimum absolute atomic E-state index is 0.0347. The van der Waals surface area contributed by atoms with Crippen molar-refractivity contribution >= 4 is 31.6 Å². The summed E-state index contributed by atoms with van der Waals surface area (Å²) in [5.41, 5.74) is 0. The highest BCUT2D eigenvalue weighted by Crippen LogP contribution is 2.10. The van der Waals surface area contributed by atoms with E-state index < -0.39 is 11.2 Å². The van der Waals surface area contributed by atoms with Crippen molar-refractivity contribution in [3.8, 4) is 0 Å². The summed E-state index contributed by atoms with van der Waals surface area (Å²) in [7, 11) is 1.49. The van der Waals surface area contributed by atoms with Gasteiger partial charge >= 0.3 is 5.97 Å². The summed E-state index contributed by atoms with van der Waals surface area (Å²) in [6.45, 7) is 0. The number of carbonyl (C=O) groups is 2. The van der Waals surface area contributed by atoms with Crippen LogP contribution < -0.4 is 5.23 Å². The van der Waals surface area contributed by atoms with E-state index in [-0.39, 0.29) is 12.3 Å². The fraction of sp³-hybridized carbons (Fsp3) is 0.600. The molecule has 0 rings (SSSR count). The molecule has 0 unspecified atom stereocenters. The average molecular weight is 175 g/mol. The zero-order valence-electron chi connectivity index (χ0n) is 6.46. The molecule has 4 nitrogen and oxygen atoms in total. The highest BCUT2D eigenvalue weighted by atomic mass is 32.2. The number of hydrogen-bond donors (Lipinski definition) is 2. The Balaban J connectivity index is 3.88. The second-order valence-electron chi connectivity index (χ2n) is 1.94. The average Bonchev–Trinajstić information content (AvgIpc) is 1.99. The summed E-state index contributed by atoms with van der Waals surface area (Å²) in [5.74, 6) is -1.19. The van der Waals surface area contributed by atoms with Crippen LogP contribution in [0, 0.1) is 0 Å². The first-order valence-corrected chi connectivity index (χ1v) is 4.36. The Morgan fingerprint density at radius 3 is 2.55 bits per heavy atom. The minimum atomic E-state index is -0.943. The number of hydrogen-bond acceptors (Lipinski definition) is 3. The van der Waals surface area contributed by atoms with Crippen LogP contribution in [-0.2, 0) is 9.59 Å². The quantitative estimate of drug-likeness (QED) is 0.530. The maximum atomic E-state index is 10.7. The number of nitrogens with one attached hydrogen (secondary N) is 1. The molecule has 2 N–H and O–H groups in total. The van der Waals surface area contributed by atoms with Crippen LogP contribution in [0.15, 0.2) is 0 Å². The molecular weight excluding hydrogens is 165 g/mol. The molecule has 1 atom stereocenters. The minimum Gasteiger partial charge on any atom is -0.480 e. The van der Waals surface area contributed by atoms with E-state index in [2.05, 4.69) is 5.23 Å². The Kier molecular flexibility index (Phi) is 4.77. The molecule has 1 amide bonds. The van der Waals surface area contributed by atoms with Gasteiger partial charge in [-0.1, -0.05) is 0 Å². The summed E-state index contributed by atoms with van der Waals surface area (Å²) in [6, 6.07) is 0. The lowest BCUT2D eigenvalue weighted by Crippen LogP contribution is -2.27. The molecule has 0 aromatic heterocycles. The Morgan fingerprint density at radius 1 is 1.73 bits per heavy atom. The van der Waals surface area contributed by atoms with E-state index in [1.165, 1.54) is 7.98 Å². The summed E-state index contributed by atoms with van der Waals surface area (Å²) >= 11 is 1.16. The lowest BCUT2D eigenvalue weighted by atomic mass is 10.2. The zero-order chi connectivity index (χ0) is 8.85. The van der Waals surface area contributed by atoms with Crippen LogP contribution in [0.4, 0.5) is 0 Å². The van der Waals surface area contributed by atoms with E-state index in [9.17, 15) is 9.59 Å². The summed E-state index contributed by atoms with van der Waals surface area (Å²) in [5, 5.41) is 10.3.